The van der Waals surface area contributed by atoms with Gasteiger partial charge in [0, 0.05) is 35.4 Å². The summed E-state index contributed by atoms with van der Waals surface area (Å²) in [4.78, 5) is 4.53. The molecule has 0 N–H and O–H groups in total. The summed E-state index contributed by atoms with van der Waals surface area (Å²) >= 11 is 0. The smallest absolute Gasteiger partial charge is 0.395 e. The molecule has 1 aliphatic rings. The van der Waals surface area contributed by atoms with Crippen LogP contribution in [0.25, 0.3) is 0 Å². The second kappa shape index (κ2) is 9.84. The fourth-order valence-corrected chi connectivity index (χ4v) is 3.64. The van der Waals surface area contributed by atoms with E-state index >= 15 is 0 Å². The lowest BCUT2D eigenvalue weighted by Gasteiger charge is -2.18. The third kappa shape index (κ3) is 6.47. The summed E-state index contributed by atoms with van der Waals surface area (Å²) < 4.78 is 62.5. The second-order valence-corrected chi connectivity index (χ2v) is 7.91. The molecule has 1 aliphatic heterocycles. The van der Waals surface area contributed by atoms with Gasteiger partial charge in [-0.2, -0.15) is 0 Å². The Morgan fingerprint density at radius 2 is 1.90 bits per heavy atom. The molecule has 0 spiro atoms. The highest BCUT2D eigenvalue weighted by atomic mass is 19.3. The number of hydrogen-bond donors (Lipinski definition) is 0. The molecule has 1 atom stereocenters. The first-order valence-electron chi connectivity index (χ1n) is 10.5. The molecule has 0 radical (unpaired) electrons. The minimum atomic E-state index is -3.66. The fraction of sp³-hybridized carbons (Fsp3) is 0.609. The Kier molecular flexibility index (Phi) is 7.94. The van der Waals surface area contributed by atoms with Crippen molar-refractivity contribution in [1.82, 2.24) is 0 Å². The van der Waals surface area contributed by atoms with Crippen molar-refractivity contribution in [1.29, 1.82) is 0 Å². The van der Waals surface area contributed by atoms with Crippen molar-refractivity contribution in [2.75, 3.05) is 0 Å². The summed E-state index contributed by atoms with van der Waals surface area (Å²) in [5, 5.41) is 0. The molecule has 2 rings (SSSR count). The van der Waals surface area contributed by atoms with Gasteiger partial charge in [-0.3, -0.25) is 4.99 Å². The van der Waals surface area contributed by atoms with Crippen LogP contribution in [-0.2, 0) is 0 Å². The highest BCUT2D eigenvalue weighted by Crippen LogP contribution is 2.44. The molecule has 3 nitrogen and oxygen atoms in total. The van der Waals surface area contributed by atoms with E-state index in [1.807, 2.05) is 0 Å². The van der Waals surface area contributed by atoms with E-state index in [0.29, 0.717) is 41.3 Å². The van der Waals surface area contributed by atoms with Gasteiger partial charge in [0.15, 0.2) is 11.5 Å². The molecular weight excluding hydrogens is 398 g/mol. The maximum atomic E-state index is 13.4. The van der Waals surface area contributed by atoms with Crippen LogP contribution in [-0.4, -0.2) is 17.9 Å². The molecule has 168 valence electrons. The quantitative estimate of drug-likeness (QED) is 0.267. The van der Waals surface area contributed by atoms with Gasteiger partial charge < -0.3 is 9.47 Å². The van der Waals surface area contributed by atoms with Crippen LogP contribution < -0.4 is 9.47 Å². The highest BCUT2D eigenvalue weighted by molar-refractivity contribution is 6.01. The Morgan fingerprint density at radius 3 is 2.53 bits per heavy atom. The standard InChI is InChI=1S/C23H31F4NO2/c1-6-18(9-8-14-22(24,25)7-2)11-10-15(3)28-17(5)19-12-13-20-21(16(19)4)30-23(26,27)29-20/h12-13,18H,3,6-11,14H2,1-2,4-5H3. The SMILES string of the molecule is C=C(CCC(CC)CCCC(F)(F)CC)N=C(C)c1ccc2c(c1C)OC(F)(F)O2. The molecule has 0 fully saturated rings. The minimum Gasteiger partial charge on any atom is -0.395 e. The summed E-state index contributed by atoms with van der Waals surface area (Å²) in [6, 6.07) is 3.12. The van der Waals surface area contributed by atoms with Gasteiger partial charge in [0.1, 0.15) is 0 Å². The molecule has 0 bridgehead atoms. The van der Waals surface area contributed by atoms with Gasteiger partial charge >= 0.3 is 6.29 Å². The molecule has 1 aromatic rings. The van der Waals surface area contributed by atoms with E-state index in [2.05, 4.69) is 28.0 Å². The largest absolute Gasteiger partial charge is 0.586 e. The molecule has 0 amide bonds. The minimum absolute atomic E-state index is 0.00677. The molecule has 7 heteroatoms. The first-order chi connectivity index (χ1) is 14.0. The summed E-state index contributed by atoms with van der Waals surface area (Å²) in [6.45, 7) is 11.0. The Morgan fingerprint density at radius 1 is 1.20 bits per heavy atom. The lowest BCUT2D eigenvalue weighted by atomic mass is 9.92. The van der Waals surface area contributed by atoms with Crippen molar-refractivity contribution in [3.8, 4) is 11.5 Å². The molecule has 0 aliphatic carbocycles. The number of hydrogen-bond acceptors (Lipinski definition) is 3. The average molecular weight is 429 g/mol. The predicted octanol–water partition coefficient (Wildman–Crippen LogP) is 7.66. The Balaban J connectivity index is 1.93. The van der Waals surface area contributed by atoms with E-state index in [1.165, 1.54) is 13.0 Å². The van der Waals surface area contributed by atoms with Gasteiger partial charge in [0.05, 0.1) is 0 Å². The van der Waals surface area contributed by atoms with Crippen LogP contribution in [0.4, 0.5) is 17.6 Å². The zero-order valence-electron chi connectivity index (χ0n) is 18.2. The number of halogens is 4. The lowest BCUT2D eigenvalue weighted by molar-refractivity contribution is -0.286. The lowest BCUT2D eigenvalue weighted by Crippen LogP contribution is -2.26. The summed E-state index contributed by atoms with van der Waals surface area (Å²) in [5.74, 6) is -2.20. The van der Waals surface area contributed by atoms with Crippen molar-refractivity contribution in [2.24, 2.45) is 10.9 Å². The van der Waals surface area contributed by atoms with Crippen LogP contribution in [0.5, 0.6) is 11.5 Å². The average Bonchev–Trinajstić information content (AvgIpc) is 2.99. The topological polar surface area (TPSA) is 30.8 Å². The van der Waals surface area contributed by atoms with Crippen molar-refractivity contribution in [3.63, 3.8) is 0 Å². The number of benzene rings is 1. The first kappa shape index (κ1) is 24.2. The van der Waals surface area contributed by atoms with Crippen LogP contribution in [0.2, 0.25) is 0 Å². The number of rotatable bonds is 11. The van der Waals surface area contributed by atoms with Gasteiger partial charge in [-0.05, 0) is 51.2 Å². The molecule has 0 aromatic heterocycles. The summed E-state index contributed by atoms with van der Waals surface area (Å²) in [5.41, 5.74) is 2.54. The van der Waals surface area contributed by atoms with Gasteiger partial charge in [0.25, 0.3) is 0 Å². The molecule has 1 aromatic carbocycles. The van der Waals surface area contributed by atoms with Crippen molar-refractivity contribution in [3.05, 3.63) is 35.5 Å². The van der Waals surface area contributed by atoms with Gasteiger partial charge in [-0.15, -0.1) is 8.78 Å². The fourth-order valence-electron chi connectivity index (χ4n) is 3.64. The Hall–Kier alpha value is -2.05. The zero-order valence-corrected chi connectivity index (χ0v) is 18.2. The maximum absolute atomic E-state index is 13.4. The van der Waals surface area contributed by atoms with Crippen LogP contribution in [0, 0.1) is 12.8 Å². The first-order valence-corrected chi connectivity index (χ1v) is 10.5. The molecule has 1 heterocycles. The van der Waals surface area contributed by atoms with Crippen LogP contribution in [0.1, 0.15) is 76.8 Å². The van der Waals surface area contributed by atoms with Crippen LogP contribution in [0.15, 0.2) is 29.4 Å². The molecule has 0 saturated carbocycles. The van der Waals surface area contributed by atoms with E-state index < -0.39 is 12.2 Å². The van der Waals surface area contributed by atoms with Gasteiger partial charge in [0.2, 0.25) is 5.92 Å². The van der Waals surface area contributed by atoms with Gasteiger partial charge in [-0.25, -0.2) is 8.78 Å². The maximum Gasteiger partial charge on any atom is 0.586 e. The van der Waals surface area contributed by atoms with E-state index in [4.69, 9.17) is 0 Å². The third-order valence-electron chi connectivity index (χ3n) is 5.63. The second-order valence-electron chi connectivity index (χ2n) is 7.91. The number of aliphatic imine (C=N–C) groups is 1. The van der Waals surface area contributed by atoms with E-state index in [9.17, 15) is 17.6 Å². The molecular formula is C23H31F4NO2. The van der Waals surface area contributed by atoms with Crippen LogP contribution >= 0.6 is 0 Å². The number of fused-ring (bicyclic) bond motifs is 1. The predicted molar refractivity (Wildman–Crippen MR) is 111 cm³/mol. The van der Waals surface area contributed by atoms with Crippen LogP contribution in [0.3, 0.4) is 0 Å². The number of nitrogens with zero attached hydrogens (tertiary/aromatic N) is 1. The summed E-state index contributed by atoms with van der Waals surface area (Å²) in [7, 11) is 0. The van der Waals surface area contributed by atoms with Crippen molar-refractivity contribution >= 4 is 5.71 Å². The number of ether oxygens (including phenoxy) is 2. The van der Waals surface area contributed by atoms with Gasteiger partial charge in [-0.1, -0.05) is 33.3 Å². The van der Waals surface area contributed by atoms with E-state index in [1.54, 1.807) is 19.9 Å². The number of allylic oxidation sites excluding steroid dienone is 1. The monoisotopic (exact) mass is 429 g/mol. The third-order valence-corrected chi connectivity index (χ3v) is 5.63. The highest BCUT2D eigenvalue weighted by Gasteiger charge is 2.44. The van der Waals surface area contributed by atoms with E-state index in [-0.39, 0.29) is 24.3 Å². The molecule has 1 unspecified atom stereocenters. The zero-order chi connectivity index (χ0) is 22.5. The summed E-state index contributed by atoms with van der Waals surface area (Å²) in [6.07, 6.45) is -0.170. The molecule has 30 heavy (non-hydrogen) atoms. The van der Waals surface area contributed by atoms with E-state index in [0.717, 1.165) is 19.3 Å². The normalized spacial score (nSPS) is 16.6. The Bertz CT molecular complexity index is 790. The molecule has 0 saturated heterocycles. The van der Waals surface area contributed by atoms with Crippen molar-refractivity contribution in [2.45, 2.75) is 84.9 Å². The van der Waals surface area contributed by atoms with Crippen molar-refractivity contribution < 1.29 is 27.0 Å². The number of alkyl halides is 4. The Labute approximate surface area is 176 Å².